The number of hydrogen-bond acceptors (Lipinski definition) is 5. The van der Waals surface area contributed by atoms with Gasteiger partial charge in [-0.2, -0.15) is 13.2 Å². The SMILES string of the molecule is C[C@@H](OC(=O)Cc1cccc(C(F)(F)F)c1)C(=O)Nc1ccc2c(c1)OCO2. The molecule has 1 amide bonds. The second-order valence-electron chi connectivity index (χ2n) is 6.06. The maximum absolute atomic E-state index is 12.7. The Morgan fingerprint density at radius 1 is 1.14 bits per heavy atom. The van der Waals surface area contributed by atoms with Gasteiger partial charge in [-0.05, 0) is 30.7 Å². The van der Waals surface area contributed by atoms with E-state index in [0.29, 0.717) is 17.2 Å². The molecule has 0 fully saturated rings. The van der Waals surface area contributed by atoms with Gasteiger partial charge in [0, 0.05) is 11.8 Å². The van der Waals surface area contributed by atoms with Crippen molar-refractivity contribution in [1.29, 1.82) is 0 Å². The molecule has 6 nitrogen and oxygen atoms in total. The maximum Gasteiger partial charge on any atom is 0.416 e. The van der Waals surface area contributed by atoms with Crippen LogP contribution in [0.1, 0.15) is 18.1 Å². The van der Waals surface area contributed by atoms with Crippen molar-refractivity contribution in [2.75, 3.05) is 12.1 Å². The zero-order chi connectivity index (χ0) is 20.3. The number of carbonyl (C=O) groups is 2. The number of rotatable bonds is 5. The first-order valence-corrected chi connectivity index (χ1v) is 8.28. The number of benzene rings is 2. The van der Waals surface area contributed by atoms with Crippen molar-refractivity contribution in [2.24, 2.45) is 0 Å². The fourth-order valence-corrected chi connectivity index (χ4v) is 2.53. The van der Waals surface area contributed by atoms with E-state index in [9.17, 15) is 22.8 Å². The average molecular weight is 395 g/mol. The Bertz CT molecular complexity index is 897. The second kappa shape index (κ2) is 7.79. The standard InChI is InChI=1S/C19H16F3NO5/c1-11(18(25)23-14-5-6-15-16(9-14)27-10-26-15)28-17(24)8-12-3-2-4-13(7-12)19(20,21)22/h2-7,9,11H,8,10H2,1H3,(H,23,25)/t11-/m1/s1. The number of ether oxygens (including phenoxy) is 3. The Kier molecular flexibility index (Phi) is 5.43. The van der Waals surface area contributed by atoms with Gasteiger partial charge in [-0.25, -0.2) is 0 Å². The third-order valence-electron chi connectivity index (χ3n) is 3.92. The van der Waals surface area contributed by atoms with E-state index in [1.807, 2.05) is 0 Å². The van der Waals surface area contributed by atoms with Crippen LogP contribution < -0.4 is 14.8 Å². The summed E-state index contributed by atoms with van der Waals surface area (Å²) >= 11 is 0. The molecule has 0 saturated carbocycles. The summed E-state index contributed by atoms with van der Waals surface area (Å²) in [4.78, 5) is 24.2. The molecule has 2 aromatic rings. The van der Waals surface area contributed by atoms with Crippen molar-refractivity contribution in [3.05, 3.63) is 53.6 Å². The van der Waals surface area contributed by atoms with Crippen LogP contribution in [0, 0.1) is 0 Å². The van der Waals surface area contributed by atoms with Crippen LogP contribution in [-0.2, 0) is 26.9 Å². The van der Waals surface area contributed by atoms with E-state index in [1.165, 1.54) is 19.1 Å². The van der Waals surface area contributed by atoms with Crippen molar-refractivity contribution in [2.45, 2.75) is 25.6 Å². The molecule has 9 heteroatoms. The van der Waals surface area contributed by atoms with Crippen molar-refractivity contribution in [1.82, 2.24) is 0 Å². The van der Waals surface area contributed by atoms with Gasteiger partial charge in [-0.1, -0.05) is 18.2 Å². The molecule has 1 atom stereocenters. The number of nitrogens with one attached hydrogen (secondary N) is 1. The first-order valence-electron chi connectivity index (χ1n) is 8.28. The van der Waals surface area contributed by atoms with Crippen LogP contribution >= 0.6 is 0 Å². The zero-order valence-corrected chi connectivity index (χ0v) is 14.7. The minimum Gasteiger partial charge on any atom is -0.454 e. The molecule has 3 rings (SSSR count). The molecule has 1 aliphatic heterocycles. The van der Waals surface area contributed by atoms with Gasteiger partial charge in [0.15, 0.2) is 17.6 Å². The topological polar surface area (TPSA) is 73.9 Å². The first kappa shape index (κ1) is 19.5. The highest BCUT2D eigenvalue weighted by atomic mass is 19.4. The van der Waals surface area contributed by atoms with E-state index in [4.69, 9.17) is 14.2 Å². The van der Waals surface area contributed by atoms with Gasteiger partial charge in [-0.3, -0.25) is 9.59 Å². The van der Waals surface area contributed by atoms with Crippen LogP contribution in [0.5, 0.6) is 11.5 Å². The molecule has 0 bridgehead atoms. The van der Waals surface area contributed by atoms with E-state index in [-0.39, 0.29) is 18.8 Å². The molecule has 1 aliphatic rings. The lowest BCUT2D eigenvalue weighted by molar-refractivity contribution is -0.152. The molecular weight excluding hydrogens is 379 g/mol. The molecule has 0 aliphatic carbocycles. The smallest absolute Gasteiger partial charge is 0.416 e. The number of halogens is 3. The van der Waals surface area contributed by atoms with E-state index >= 15 is 0 Å². The molecule has 1 N–H and O–H groups in total. The molecular formula is C19H16F3NO5. The van der Waals surface area contributed by atoms with Crippen molar-refractivity contribution >= 4 is 17.6 Å². The first-order chi connectivity index (χ1) is 13.2. The van der Waals surface area contributed by atoms with Crippen LogP contribution in [0.2, 0.25) is 0 Å². The molecule has 28 heavy (non-hydrogen) atoms. The lowest BCUT2D eigenvalue weighted by Gasteiger charge is -2.14. The van der Waals surface area contributed by atoms with E-state index < -0.39 is 29.7 Å². The fraction of sp³-hybridized carbons (Fsp3) is 0.263. The van der Waals surface area contributed by atoms with Crippen LogP contribution in [0.4, 0.5) is 18.9 Å². The van der Waals surface area contributed by atoms with E-state index in [2.05, 4.69) is 5.32 Å². The normalized spacial score (nSPS) is 13.7. The molecule has 0 spiro atoms. The van der Waals surface area contributed by atoms with Gasteiger partial charge in [0.1, 0.15) is 0 Å². The summed E-state index contributed by atoms with van der Waals surface area (Å²) < 4.78 is 53.6. The fourth-order valence-electron chi connectivity index (χ4n) is 2.53. The molecule has 2 aromatic carbocycles. The minimum atomic E-state index is -4.50. The number of fused-ring (bicyclic) bond motifs is 1. The number of esters is 1. The Balaban J connectivity index is 1.56. The van der Waals surface area contributed by atoms with Gasteiger partial charge < -0.3 is 19.5 Å². The van der Waals surface area contributed by atoms with Gasteiger partial charge in [-0.15, -0.1) is 0 Å². The highest BCUT2D eigenvalue weighted by Gasteiger charge is 2.30. The predicted molar refractivity (Wildman–Crippen MR) is 91.9 cm³/mol. The van der Waals surface area contributed by atoms with Crippen LogP contribution in [0.25, 0.3) is 0 Å². The minimum absolute atomic E-state index is 0.0935. The van der Waals surface area contributed by atoms with Gasteiger partial charge in [0.05, 0.1) is 12.0 Å². The third-order valence-corrected chi connectivity index (χ3v) is 3.92. The summed E-state index contributed by atoms with van der Waals surface area (Å²) in [6.07, 6.45) is -6.02. The van der Waals surface area contributed by atoms with Gasteiger partial charge in [0.2, 0.25) is 6.79 Å². The number of hydrogen-bond donors (Lipinski definition) is 1. The summed E-state index contributed by atoms with van der Waals surface area (Å²) in [5.41, 5.74) is -0.287. The predicted octanol–water partition coefficient (Wildman–Crippen LogP) is 3.55. The molecule has 148 valence electrons. The van der Waals surface area contributed by atoms with E-state index in [1.54, 1.807) is 18.2 Å². The van der Waals surface area contributed by atoms with Gasteiger partial charge >= 0.3 is 12.1 Å². The average Bonchev–Trinajstić information content (AvgIpc) is 3.08. The lowest BCUT2D eigenvalue weighted by atomic mass is 10.1. The summed E-state index contributed by atoms with van der Waals surface area (Å²) in [6, 6.07) is 9.17. The summed E-state index contributed by atoms with van der Waals surface area (Å²) in [5.74, 6) is -0.366. The highest BCUT2D eigenvalue weighted by Crippen LogP contribution is 2.34. The monoisotopic (exact) mass is 395 g/mol. The Labute approximate surface area is 158 Å². The Hall–Kier alpha value is -3.23. The number of amides is 1. The van der Waals surface area contributed by atoms with Crippen molar-refractivity contribution < 1.29 is 37.0 Å². The van der Waals surface area contributed by atoms with Crippen molar-refractivity contribution in [3.8, 4) is 11.5 Å². The highest BCUT2D eigenvalue weighted by molar-refractivity contribution is 5.95. The van der Waals surface area contributed by atoms with Gasteiger partial charge in [0.25, 0.3) is 5.91 Å². The molecule has 0 radical (unpaired) electrons. The second-order valence-corrected chi connectivity index (χ2v) is 6.06. The molecule has 1 heterocycles. The third kappa shape index (κ3) is 4.73. The van der Waals surface area contributed by atoms with Crippen molar-refractivity contribution in [3.63, 3.8) is 0 Å². The van der Waals surface area contributed by atoms with Crippen LogP contribution in [-0.4, -0.2) is 24.8 Å². The Morgan fingerprint density at radius 3 is 2.64 bits per heavy atom. The summed E-state index contributed by atoms with van der Waals surface area (Å²) in [5, 5.41) is 2.57. The van der Waals surface area contributed by atoms with Crippen LogP contribution in [0.3, 0.4) is 0 Å². The largest absolute Gasteiger partial charge is 0.454 e. The number of anilines is 1. The lowest BCUT2D eigenvalue weighted by Crippen LogP contribution is -2.30. The maximum atomic E-state index is 12.7. The molecule has 0 saturated heterocycles. The quantitative estimate of drug-likeness (QED) is 0.784. The van der Waals surface area contributed by atoms with Crippen LogP contribution in [0.15, 0.2) is 42.5 Å². The molecule has 0 aromatic heterocycles. The zero-order valence-electron chi connectivity index (χ0n) is 14.7. The summed E-state index contributed by atoms with van der Waals surface area (Å²) in [7, 11) is 0. The Morgan fingerprint density at radius 2 is 1.89 bits per heavy atom. The molecule has 0 unspecified atom stereocenters. The number of carbonyl (C=O) groups excluding carboxylic acids is 2. The van der Waals surface area contributed by atoms with E-state index in [0.717, 1.165) is 12.1 Å². The summed E-state index contributed by atoms with van der Waals surface area (Å²) in [6.45, 7) is 1.46. The number of alkyl halides is 3.